The molecule has 0 aliphatic heterocycles. The van der Waals surface area contributed by atoms with E-state index in [1.165, 1.54) is 6.21 Å². The summed E-state index contributed by atoms with van der Waals surface area (Å²) in [6.45, 7) is 4.02. The van der Waals surface area contributed by atoms with Crippen LogP contribution in [-0.4, -0.2) is 30.8 Å². The zero-order valence-corrected chi connectivity index (χ0v) is 20.8. The van der Waals surface area contributed by atoms with E-state index in [0.29, 0.717) is 34.3 Å². The molecule has 1 atom stereocenters. The van der Waals surface area contributed by atoms with Crippen LogP contribution in [0.5, 0.6) is 17.2 Å². The number of nitrogens with zero attached hydrogens (tertiary/aromatic N) is 1. The maximum Gasteiger partial charge on any atom is 0.343 e. The second kappa shape index (κ2) is 12.2. The minimum atomic E-state index is -0.794. The van der Waals surface area contributed by atoms with E-state index < -0.39 is 18.0 Å². The first-order valence-corrected chi connectivity index (χ1v) is 11.5. The lowest BCUT2D eigenvalue weighted by Crippen LogP contribution is -2.33. The van der Waals surface area contributed by atoms with Crippen molar-refractivity contribution in [2.24, 2.45) is 5.10 Å². The molecule has 3 aromatic rings. The Morgan fingerprint density at radius 2 is 1.74 bits per heavy atom. The van der Waals surface area contributed by atoms with E-state index in [-0.39, 0.29) is 5.75 Å². The number of hydrazone groups is 1. The number of hydrogen-bond donors (Lipinski definition) is 1. The van der Waals surface area contributed by atoms with Gasteiger partial charge in [-0.25, -0.2) is 10.2 Å². The van der Waals surface area contributed by atoms with Gasteiger partial charge in [0.2, 0.25) is 0 Å². The molecule has 3 aromatic carbocycles. The van der Waals surface area contributed by atoms with Crippen LogP contribution < -0.4 is 19.6 Å². The lowest BCUT2D eigenvalue weighted by Gasteiger charge is -2.13. The second-order valence-electron chi connectivity index (χ2n) is 6.98. The highest BCUT2D eigenvalue weighted by Gasteiger charge is 2.15. The Morgan fingerprint density at radius 3 is 2.41 bits per heavy atom. The van der Waals surface area contributed by atoms with Crippen LogP contribution in [0, 0.1) is 0 Å². The second-order valence-corrected chi connectivity index (χ2v) is 8.33. The van der Waals surface area contributed by atoms with E-state index in [0.717, 1.165) is 4.47 Å². The number of rotatable bonds is 9. The number of nitrogens with one attached hydrogen (secondary N) is 1. The van der Waals surface area contributed by atoms with E-state index in [2.05, 4.69) is 26.5 Å². The molecule has 3 rings (SSSR count). The average Bonchev–Trinajstić information content (AvgIpc) is 2.82. The van der Waals surface area contributed by atoms with Crippen LogP contribution in [0.1, 0.15) is 29.8 Å². The normalized spacial score (nSPS) is 11.6. The third-order valence-corrected chi connectivity index (χ3v) is 5.19. The SMILES string of the molecule is CCOc1ccc(C(=O)Oc2ccc(Br)cc2/C=N/NC(=O)C(C)Oc2ccc(Cl)cc2)cc1. The molecule has 0 aromatic heterocycles. The third kappa shape index (κ3) is 7.33. The van der Waals surface area contributed by atoms with Crippen molar-refractivity contribution in [3.05, 3.63) is 87.4 Å². The Balaban J connectivity index is 1.64. The number of esters is 1. The molecular formula is C25H22BrClN2O5. The summed E-state index contributed by atoms with van der Waals surface area (Å²) in [5, 5.41) is 4.55. The molecule has 0 aliphatic carbocycles. The van der Waals surface area contributed by atoms with Gasteiger partial charge >= 0.3 is 5.97 Å². The van der Waals surface area contributed by atoms with Gasteiger partial charge in [-0.05, 0) is 80.6 Å². The molecule has 0 saturated carbocycles. The van der Waals surface area contributed by atoms with Crippen LogP contribution >= 0.6 is 27.5 Å². The molecule has 0 saturated heterocycles. The number of amides is 1. The van der Waals surface area contributed by atoms with E-state index in [9.17, 15) is 9.59 Å². The summed E-state index contributed by atoms with van der Waals surface area (Å²) < 4.78 is 17.2. The number of ether oxygens (including phenoxy) is 3. The molecule has 176 valence electrons. The van der Waals surface area contributed by atoms with E-state index >= 15 is 0 Å². The maximum absolute atomic E-state index is 12.6. The Hall–Kier alpha value is -3.36. The van der Waals surface area contributed by atoms with Crippen LogP contribution in [0.25, 0.3) is 0 Å². The van der Waals surface area contributed by atoms with Gasteiger partial charge in [-0.15, -0.1) is 0 Å². The Morgan fingerprint density at radius 1 is 1.06 bits per heavy atom. The summed E-state index contributed by atoms with van der Waals surface area (Å²) in [5.41, 5.74) is 3.28. The van der Waals surface area contributed by atoms with Crippen LogP contribution in [0.15, 0.2) is 76.3 Å². The number of halogens is 2. The fourth-order valence-corrected chi connectivity index (χ4v) is 3.26. The molecule has 1 amide bonds. The van der Waals surface area contributed by atoms with Gasteiger partial charge in [0.25, 0.3) is 5.91 Å². The third-order valence-electron chi connectivity index (χ3n) is 4.45. The largest absolute Gasteiger partial charge is 0.494 e. The van der Waals surface area contributed by atoms with Gasteiger partial charge in [0.05, 0.1) is 18.4 Å². The lowest BCUT2D eigenvalue weighted by molar-refractivity contribution is -0.127. The van der Waals surface area contributed by atoms with Gasteiger partial charge in [0, 0.05) is 15.1 Å². The van der Waals surface area contributed by atoms with Crippen molar-refractivity contribution >= 4 is 45.6 Å². The van der Waals surface area contributed by atoms with Crippen molar-refractivity contribution in [2.45, 2.75) is 20.0 Å². The molecular weight excluding hydrogens is 524 g/mol. The minimum Gasteiger partial charge on any atom is -0.494 e. The highest BCUT2D eigenvalue weighted by molar-refractivity contribution is 9.10. The lowest BCUT2D eigenvalue weighted by atomic mass is 10.2. The molecule has 9 heteroatoms. The topological polar surface area (TPSA) is 86.2 Å². The monoisotopic (exact) mass is 544 g/mol. The molecule has 7 nitrogen and oxygen atoms in total. The highest BCUT2D eigenvalue weighted by Crippen LogP contribution is 2.23. The first kappa shape index (κ1) is 25.3. The van der Waals surface area contributed by atoms with Gasteiger partial charge in [0.15, 0.2) is 6.10 Å². The summed E-state index contributed by atoms with van der Waals surface area (Å²) >= 11 is 9.24. The molecule has 0 bridgehead atoms. The number of hydrogen-bond acceptors (Lipinski definition) is 6. The molecule has 0 aliphatic rings. The van der Waals surface area contributed by atoms with Gasteiger partial charge in [0.1, 0.15) is 17.2 Å². The number of benzene rings is 3. The van der Waals surface area contributed by atoms with Crippen molar-refractivity contribution < 1.29 is 23.8 Å². The van der Waals surface area contributed by atoms with Gasteiger partial charge in [-0.2, -0.15) is 5.10 Å². The Bertz CT molecular complexity index is 1170. The van der Waals surface area contributed by atoms with E-state index in [1.54, 1.807) is 73.7 Å². The van der Waals surface area contributed by atoms with Crippen LogP contribution in [0.4, 0.5) is 0 Å². The number of carbonyl (C=O) groups is 2. The predicted octanol–water partition coefficient (Wildman–Crippen LogP) is 5.64. The zero-order valence-electron chi connectivity index (χ0n) is 18.5. The molecule has 1 unspecified atom stereocenters. The van der Waals surface area contributed by atoms with Crippen LogP contribution in [0.3, 0.4) is 0 Å². The van der Waals surface area contributed by atoms with Crippen LogP contribution in [0.2, 0.25) is 5.02 Å². The first-order valence-electron chi connectivity index (χ1n) is 10.4. The predicted molar refractivity (Wildman–Crippen MR) is 134 cm³/mol. The molecule has 34 heavy (non-hydrogen) atoms. The van der Waals surface area contributed by atoms with Crippen molar-refractivity contribution in [3.8, 4) is 17.2 Å². The quantitative estimate of drug-likeness (QED) is 0.163. The minimum absolute atomic E-state index is 0.283. The summed E-state index contributed by atoms with van der Waals surface area (Å²) in [6.07, 6.45) is 0.594. The van der Waals surface area contributed by atoms with Crippen molar-refractivity contribution in [1.29, 1.82) is 0 Å². The molecule has 0 fully saturated rings. The summed E-state index contributed by atoms with van der Waals surface area (Å²) in [7, 11) is 0. The van der Waals surface area contributed by atoms with Crippen molar-refractivity contribution in [3.63, 3.8) is 0 Å². The maximum atomic E-state index is 12.6. The summed E-state index contributed by atoms with van der Waals surface area (Å²) in [6, 6.07) is 18.4. The Labute approximate surface area is 210 Å². The first-order chi connectivity index (χ1) is 16.4. The van der Waals surface area contributed by atoms with Gasteiger partial charge < -0.3 is 14.2 Å². The van der Waals surface area contributed by atoms with Gasteiger partial charge in [-0.1, -0.05) is 27.5 Å². The van der Waals surface area contributed by atoms with E-state index in [4.69, 9.17) is 25.8 Å². The van der Waals surface area contributed by atoms with Crippen molar-refractivity contribution in [2.75, 3.05) is 6.61 Å². The molecule has 1 N–H and O–H groups in total. The highest BCUT2D eigenvalue weighted by atomic mass is 79.9. The smallest absolute Gasteiger partial charge is 0.343 e. The summed E-state index contributed by atoms with van der Waals surface area (Å²) in [4.78, 5) is 24.9. The van der Waals surface area contributed by atoms with Crippen LogP contribution in [-0.2, 0) is 4.79 Å². The average molecular weight is 546 g/mol. The fraction of sp³-hybridized carbons (Fsp3) is 0.160. The molecule has 0 spiro atoms. The van der Waals surface area contributed by atoms with Crippen molar-refractivity contribution in [1.82, 2.24) is 5.43 Å². The molecule has 0 heterocycles. The van der Waals surface area contributed by atoms with E-state index in [1.807, 2.05) is 6.92 Å². The summed E-state index contributed by atoms with van der Waals surface area (Å²) in [5.74, 6) is 0.473. The Kier molecular flexibility index (Phi) is 9.07. The van der Waals surface area contributed by atoms with Gasteiger partial charge in [-0.3, -0.25) is 4.79 Å². The zero-order chi connectivity index (χ0) is 24.5. The number of carbonyl (C=O) groups excluding carboxylic acids is 2. The standard InChI is InChI=1S/C25H22BrClN2O5/c1-3-32-21-9-4-17(5-10-21)25(31)34-23-13-6-19(26)14-18(23)15-28-29-24(30)16(2)33-22-11-7-20(27)8-12-22/h4-16H,3H2,1-2H3,(H,29,30)/b28-15+. The molecule has 0 radical (unpaired) electrons. The fourth-order valence-electron chi connectivity index (χ4n) is 2.75.